The average molecular weight is 141 g/mol. The van der Waals surface area contributed by atoms with Gasteiger partial charge in [0.2, 0.25) is 0 Å². The summed E-state index contributed by atoms with van der Waals surface area (Å²) in [6.07, 6.45) is 1.55. The van der Waals surface area contributed by atoms with Crippen molar-refractivity contribution in [2.24, 2.45) is 0 Å². The second kappa shape index (κ2) is 2.47. The summed E-state index contributed by atoms with van der Waals surface area (Å²) in [4.78, 5) is 11.3. The van der Waals surface area contributed by atoms with Crippen molar-refractivity contribution in [1.82, 2.24) is 15.2 Å². The zero-order chi connectivity index (χ0) is 7.56. The van der Waals surface area contributed by atoms with Crippen LogP contribution in [0.25, 0.3) is 0 Å². The van der Waals surface area contributed by atoms with Gasteiger partial charge in [-0.1, -0.05) is 11.8 Å². The Bertz CT molecular complexity index is 243. The van der Waals surface area contributed by atoms with Crippen molar-refractivity contribution < 1.29 is 10.0 Å². The Morgan fingerprint density at radius 1 is 1.90 bits per heavy atom. The Morgan fingerprint density at radius 2 is 2.60 bits per heavy atom. The van der Waals surface area contributed by atoms with E-state index in [4.69, 9.17) is 5.21 Å². The number of rotatable bonds is 2. The summed E-state index contributed by atoms with van der Waals surface area (Å²) < 4.78 is 0. The third-order valence-electron chi connectivity index (χ3n) is 1.09. The number of carbonyl (C=O) groups excluding carboxylic acids is 1. The molecule has 0 atom stereocenters. The van der Waals surface area contributed by atoms with E-state index in [0.717, 1.165) is 0 Å². The van der Waals surface area contributed by atoms with E-state index in [1.807, 2.05) is 0 Å². The normalized spacial score (nSPS) is 9.70. The number of nitrogens with zero attached hydrogens (tertiary/aromatic N) is 3. The van der Waals surface area contributed by atoms with Crippen molar-refractivity contribution in [2.45, 2.75) is 13.3 Å². The molecule has 0 aliphatic rings. The van der Waals surface area contributed by atoms with Gasteiger partial charge in [-0.05, 0) is 5.21 Å². The maximum atomic E-state index is 10.8. The Kier molecular flexibility index (Phi) is 1.66. The van der Waals surface area contributed by atoms with E-state index in [0.29, 0.717) is 11.3 Å². The fourth-order valence-electron chi connectivity index (χ4n) is 0.564. The summed E-state index contributed by atoms with van der Waals surface area (Å²) in [5.41, 5.74) is 0.199. The van der Waals surface area contributed by atoms with Crippen LogP contribution in [-0.4, -0.2) is 26.1 Å². The first-order valence-corrected chi connectivity index (χ1v) is 2.89. The minimum Gasteiger partial charge on any atom is -0.410 e. The first-order chi connectivity index (χ1) is 4.74. The quantitative estimate of drug-likeness (QED) is 0.468. The lowest BCUT2D eigenvalue weighted by Gasteiger charge is -1.84. The van der Waals surface area contributed by atoms with Gasteiger partial charge in [-0.15, -0.1) is 5.10 Å². The van der Waals surface area contributed by atoms with Crippen LogP contribution < -0.4 is 0 Å². The molecule has 1 heterocycles. The SMILES string of the molecule is CCC(=O)c1cn(O)nn1. The molecule has 1 rings (SSSR count). The predicted molar refractivity (Wildman–Crippen MR) is 31.8 cm³/mol. The molecule has 5 heteroatoms. The molecule has 1 N–H and O–H groups in total. The molecular formula is C5H7N3O2. The van der Waals surface area contributed by atoms with E-state index in [1.165, 1.54) is 6.20 Å². The molecule has 5 nitrogen and oxygen atoms in total. The molecule has 0 fully saturated rings. The number of ketones is 1. The molecule has 10 heavy (non-hydrogen) atoms. The Labute approximate surface area is 57.2 Å². The van der Waals surface area contributed by atoms with Crippen molar-refractivity contribution in [3.8, 4) is 0 Å². The molecule has 0 unspecified atom stereocenters. The summed E-state index contributed by atoms with van der Waals surface area (Å²) in [5, 5.41) is 15.2. The zero-order valence-corrected chi connectivity index (χ0v) is 5.48. The fraction of sp³-hybridized carbons (Fsp3) is 0.400. The highest BCUT2D eigenvalue weighted by molar-refractivity contribution is 5.93. The Morgan fingerprint density at radius 3 is 3.00 bits per heavy atom. The number of carbonyl (C=O) groups is 1. The van der Waals surface area contributed by atoms with Gasteiger partial charge in [0, 0.05) is 6.42 Å². The Hall–Kier alpha value is -1.39. The first kappa shape index (κ1) is 6.73. The minimum atomic E-state index is -0.125. The maximum Gasteiger partial charge on any atom is 0.184 e. The lowest BCUT2D eigenvalue weighted by atomic mass is 10.2. The lowest BCUT2D eigenvalue weighted by Crippen LogP contribution is -1.95. The van der Waals surface area contributed by atoms with Crippen LogP contribution in [-0.2, 0) is 0 Å². The molecular weight excluding hydrogens is 134 g/mol. The van der Waals surface area contributed by atoms with Crippen LogP contribution in [0.5, 0.6) is 0 Å². The average Bonchev–Trinajstić information content (AvgIpc) is 2.34. The van der Waals surface area contributed by atoms with Gasteiger partial charge in [0.1, 0.15) is 0 Å². The van der Waals surface area contributed by atoms with Crippen molar-refractivity contribution in [1.29, 1.82) is 0 Å². The van der Waals surface area contributed by atoms with Gasteiger partial charge >= 0.3 is 0 Å². The van der Waals surface area contributed by atoms with Crippen LogP contribution in [0.3, 0.4) is 0 Å². The third kappa shape index (κ3) is 1.12. The number of Topliss-reactive ketones (excluding diaryl/α,β-unsaturated/α-hetero) is 1. The number of hydrogen-bond donors (Lipinski definition) is 1. The molecule has 0 radical (unpaired) electrons. The summed E-state index contributed by atoms with van der Waals surface area (Å²) in [5.74, 6) is -0.125. The molecule has 54 valence electrons. The van der Waals surface area contributed by atoms with Gasteiger partial charge in [0.15, 0.2) is 11.5 Å². The van der Waals surface area contributed by atoms with Crippen molar-refractivity contribution in [3.63, 3.8) is 0 Å². The van der Waals surface area contributed by atoms with Crippen molar-refractivity contribution >= 4 is 5.78 Å². The van der Waals surface area contributed by atoms with E-state index in [-0.39, 0.29) is 11.5 Å². The highest BCUT2D eigenvalue weighted by atomic mass is 16.5. The molecule has 1 aromatic rings. The lowest BCUT2D eigenvalue weighted by molar-refractivity contribution is 0.0982. The summed E-state index contributed by atoms with van der Waals surface area (Å²) >= 11 is 0. The highest BCUT2D eigenvalue weighted by Gasteiger charge is 2.06. The first-order valence-electron chi connectivity index (χ1n) is 2.89. The zero-order valence-electron chi connectivity index (χ0n) is 5.48. The van der Waals surface area contributed by atoms with Crippen LogP contribution in [0.1, 0.15) is 23.8 Å². The molecule has 1 aromatic heterocycles. The van der Waals surface area contributed by atoms with Gasteiger partial charge in [-0.3, -0.25) is 4.79 Å². The molecule has 0 aromatic carbocycles. The molecule has 0 spiro atoms. The van der Waals surface area contributed by atoms with E-state index >= 15 is 0 Å². The molecule has 0 aliphatic heterocycles. The van der Waals surface area contributed by atoms with Crippen LogP contribution in [0.4, 0.5) is 0 Å². The van der Waals surface area contributed by atoms with E-state index in [2.05, 4.69) is 10.3 Å². The Balaban J connectivity index is 2.85. The van der Waals surface area contributed by atoms with Gasteiger partial charge in [0.25, 0.3) is 0 Å². The highest BCUT2D eigenvalue weighted by Crippen LogP contribution is 1.95. The van der Waals surface area contributed by atoms with Gasteiger partial charge in [-0.25, -0.2) is 0 Å². The van der Waals surface area contributed by atoms with Gasteiger partial charge in [-0.2, -0.15) is 0 Å². The molecule has 0 saturated carbocycles. The van der Waals surface area contributed by atoms with Crippen LogP contribution in [0.15, 0.2) is 6.20 Å². The van der Waals surface area contributed by atoms with Gasteiger partial charge in [0.05, 0.1) is 6.20 Å². The molecule has 0 bridgehead atoms. The number of hydrogen-bond acceptors (Lipinski definition) is 4. The standard InChI is InChI=1S/C5H7N3O2/c1-2-5(9)4-3-8(10)7-6-4/h3,10H,2H2,1H3. The smallest absolute Gasteiger partial charge is 0.184 e. The second-order valence-electron chi connectivity index (χ2n) is 1.80. The van der Waals surface area contributed by atoms with E-state index < -0.39 is 0 Å². The van der Waals surface area contributed by atoms with E-state index in [1.54, 1.807) is 6.92 Å². The molecule has 0 amide bonds. The maximum absolute atomic E-state index is 10.8. The van der Waals surface area contributed by atoms with Crippen LogP contribution in [0, 0.1) is 0 Å². The van der Waals surface area contributed by atoms with Crippen molar-refractivity contribution in [3.05, 3.63) is 11.9 Å². The predicted octanol–water partition coefficient (Wildman–Crippen LogP) is 0.108. The summed E-state index contributed by atoms with van der Waals surface area (Å²) in [7, 11) is 0. The summed E-state index contributed by atoms with van der Waals surface area (Å²) in [6, 6.07) is 0. The van der Waals surface area contributed by atoms with Crippen LogP contribution >= 0.6 is 0 Å². The van der Waals surface area contributed by atoms with Crippen LogP contribution in [0.2, 0.25) is 0 Å². The fourth-order valence-corrected chi connectivity index (χ4v) is 0.564. The van der Waals surface area contributed by atoms with Crippen molar-refractivity contribution in [2.75, 3.05) is 0 Å². The third-order valence-corrected chi connectivity index (χ3v) is 1.09. The van der Waals surface area contributed by atoms with Gasteiger partial charge < -0.3 is 5.21 Å². The topological polar surface area (TPSA) is 68.0 Å². The summed E-state index contributed by atoms with van der Waals surface area (Å²) in [6.45, 7) is 1.72. The molecule has 0 saturated heterocycles. The monoisotopic (exact) mass is 141 g/mol. The minimum absolute atomic E-state index is 0.125. The number of aromatic nitrogens is 3. The largest absolute Gasteiger partial charge is 0.410 e. The van der Waals surface area contributed by atoms with E-state index in [9.17, 15) is 4.79 Å². The molecule has 0 aliphatic carbocycles. The second-order valence-corrected chi connectivity index (χ2v) is 1.80.